The molecule has 0 spiro atoms. The maximum atomic E-state index is 13.3. The Labute approximate surface area is 237 Å². The molecule has 1 heterocycles. The molecular formula is C26H41Br2NO8. The van der Waals surface area contributed by atoms with Crippen molar-refractivity contribution in [1.29, 1.82) is 0 Å². The summed E-state index contributed by atoms with van der Waals surface area (Å²) >= 11 is 6.54. The minimum Gasteiger partial charge on any atom is -0.460 e. The van der Waals surface area contributed by atoms with Gasteiger partial charge in [0.2, 0.25) is 11.8 Å². The van der Waals surface area contributed by atoms with E-state index in [1.807, 2.05) is 0 Å². The first-order valence-corrected chi connectivity index (χ1v) is 14.2. The molecule has 2 unspecified atom stereocenters. The molecule has 0 bridgehead atoms. The SMILES string of the molecule is CC(C)(C)OC(=O)CCC(CCC(=O)OC(C)(C)C)(CCC(=O)OC(C)(C)C)N1C(=O)C(Br)C(Br)C1=O. The minimum atomic E-state index is -1.33. The van der Waals surface area contributed by atoms with Crippen LogP contribution < -0.4 is 0 Å². The van der Waals surface area contributed by atoms with Gasteiger partial charge in [0.25, 0.3) is 0 Å². The smallest absolute Gasteiger partial charge is 0.306 e. The largest absolute Gasteiger partial charge is 0.460 e. The molecule has 0 radical (unpaired) electrons. The number of alkyl halides is 2. The van der Waals surface area contributed by atoms with E-state index in [0.717, 1.165) is 4.90 Å². The number of amides is 2. The molecular weight excluding hydrogens is 614 g/mol. The van der Waals surface area contributed by atoms with Crippen molar-refractivity contribution in [3.05, 3.63) is 0 Å². The Balaban J connectivity index is 3.42. The lowest BCUT2D eigenvalue weighted by atomic mass is 9.81. The highest BCUT2D eigenvalue weighted by atomic mass is 79.9. The number of hydrogen-bond donors (Lipinski definition) is 0. The summed E-state index contributed by atoms with van der Waals surface area (Å²) in [6.07, 6.45) is -0.371. The number of ether oxygens (including phenoxy) is 3. The first-order valence-electron chi connectivity index (χ1n) is 12.4. The van der Waals surface area contributed by atoms with Gasteiger partial charge in [0, 0.05) is 19.3 Å². The van der Waals surface area contributed by atoms with E-state index in [1.165, 1.54) is 0 Å². The van der Waals surface area contributed by atoms with Gasteiger partial charge in [-0.15, -0.1) is 0 Å². The second kappa shape index (κ2) is 12.6. The lowest BCUT2D eigenvalue weighted by Crippen LogP contribution is -2.53. The summed E-state index contributed by atoms with van der Waals surface area (Å²) in [4.78, 5) is 63.9. The summed E-state index contributed by atoms with van der Waals surface area (Å²) in [5.74, 6) is -2.57. The van der Waals surface area contributed by atoms with E-state index in [4.69, 9.17) is 14.2 Å². The molecule has 2 amide bonds. The van der Waals surface area contributed by atoms with Gasteiger partial charge in [-0.1, -0.05) is 31.9 Å². The van der Waals surface area contributed by atoms with Gasteiger partial charge in [0.15, 0.2) is 0 Å². The fraction of sp³-hybridized carbons (Fsp3) is 0.808. The molecule has 0 aromatic carbocycles. The van der Waals surface area contributed by atoms with E-state index in [0.29, 0.717) is 0 Å². The summed E-state index contributed by atoms with van der Waals surface area (Å²) in [7, 11) is 0. The number of nitrogens with zero attached hydrogens (tertiary/aromatic N) is 1. The maximum Gasteiger partial charge on any atom is 0.306 e. The third-order valence-corrected chi connectivity index (χ3v) is 7.84. The van der Waals surface area contributed by atoms with Crippen molar-refractivity contribution in [1.82, 2.24) is 4.90 Å². The lowest BCUT2D eigenvalue weighted by Gasteiger charge is -2.41. The van der Waals surface area contributed by atoms with Crippen LogP contribution in [-0.4, -0.2) is 66.6 Å². The van der Waals surface area contributed by atoms with Crippen LogP contribution in [-0.2, 0) is 38.2 Å². The monoisotopic (exact) mass is 653 g/mol. The van der Waals surface area contributed by atoms with Gasteiger partial charge < -0.3 is 14.2 Å². The van der Waals surface area contributed by atoms with Crippen molar-refractivity contribution < 1.29 is 38.2 Å². The van der Waals surface area contributed by atoms with Crippen molar-refractivity contribution in [3.8, 4) is 0 Å². The molecule has 1 fully saturated rings. The molecule has 1 saturated heterocycles. The van der Waals surface area contributed by atoms with Crippen molar-refractivity contribution in [2.45, 2.75) is 133 Å². The van der Waals surface area contributed by atoms with Crippen LogP contribution in [0.1, 0.15) is 101 Å². The Kier molecular flexibility index (Phi) is 11.4. The molecule has 212 valence electrons. The molecule has 11 heteroatoms. The Morgan fingerprint density at radius 2 is 0.865 bits per heavy atom. The second-order valence-electron chi connectivity index (χ2n) is 12.3. The maximum absolute atomic E-state index is 13.3. The fourth-order valence-corrected chi connectivity index (χ4v) is 4.83. The van der Waals surface area contributed by atoms with Crippen molar-refractivity contribution in [2.75, 3.05) is 0 Å². The highest BCUT2D eigenvalue weighted by Crippen LogP contribution is 2.40. The van der Waals surface area contributed by atoms with E-state index in [9.17, 15) is 24.0 Å². The molecule has 1 rings (SSSR count). The van der Waals surface area contributed by atoms with Crippen LogP contribution in [0.5, 0.6) is 0 Å². The van der Waals surface area contributed by atoms with Crippen LogP contribution in [0.3, 0.4) is 0 Å². The predicted molar refractivity (Wildman–Crippen MR) is 145 cm³/mol. The number of rotatable bonds is 10. The Bertz CT molecular complexity index is 784. The van der Waals surface area contributed by atoms with Gasteiger partial charge in [-0.25, -0.2) is 0 Å². The summed E-state index contributed by atoms with van der Waals surface area (Å²) in [6.45, 7) is 15.6. The zero-order chi connectivity index (χ0) is 29.0. The zero-order valence-electron chi connectivity index (χ0n) is 23.4. The Morgan fingerprint density at radius 3 is 1.08 bits per heavy atom. The van der Waals surface area contributed by atoms with Gasteiger partial charge in [0.05, 0.1) is 5.54 Å². The quantitative estimate of drug-likeness (QED) is 0.140. The number of carbonyl (C=O) groups is 5. The molecule has 0 aromatic rings. The highest BCUT2D eigenvalue weighted by molar-refractivity contribution is 9.12. The van der Waals surface area contributed by atoms with Gasteiger partial charge in [-0.2, -0.15) is 0 Å². The van der Waals surface area contributed by atoms with E-state index in [1.54, 1.807) is 62.3 Å². The highest BCUT2D eigenvalue weighted by Gasteiger charge is 2.54. The van der Waals surface area contributed by atoms with Crippen LogP contribution in [0.25, 0.3) is 0 Å². The summed E-state index contributed by atoms with van der Waals surface area (Å²) in [6, 6.07) is 0. The number of likely N-dealkylation sites (tertiary alicyclic amines) is 1. The average molecular weight is 655 g/mol. The molecule has 37 heavy (non-hydrogen) atoms. The Hall–Kier alpha value is -1.49. The zero-order valence-corrected chi connectivity index (χ0v) is 26.5. The van der Waals surface area contributed by atoms with Crippen molar-refractivity contribution in [3.63, 3.8) is 0 Å². The average Bonchev–Trinajstić information content (AvgIpc) is 2.87. The minimum absolute atomic E-state index is 0.00439. The normalized spacial score (nSPS) is 19.2. The summed E-state index contributed by atoms with van der Waals surface area (Å²) in [5.41, 5.74) is -3.51. The molecule has 1 aliphatic rings. The Morgan fingerprint density at radius 1 is 0.622 bits per heavy atom. The standard InChI is InChI=1S/C26H41Br2NO8/c1-23(2,3)35-16(30)10-13-26(14-11-17(31)36-24(4,5)6,15-12-18(32)37-25(7,8)9)29-21(33)19(27)20(28)22(29)34/h19-20H,10-15H2,1-9H3. The second-order valence-corrected chi connectivity index (χ2v) is 14.3. The van der Waals surface area contributed by atoms with E-state index < -0.39 is 61.7 Å². The van der Waals surface area contributed by atoms with Gasteiger partial charge in [-0.05, 0) is 81.6 Å². The number of halogens is 2. The first-order chi connectivity index (χ1) is 16.6. The molecule has 9 nitrogen and oxygen atoms in total. The third-order valence-electron chi connectivity index (χ3n) is 5.29. The van der Waals surface area contributed by atoms with Crippen molar-refractivity contribution in [2.24, 2.45) is 0 Å². The van der Waals surface area contributed by atoms with Crippen LogP contribution >= 0.6 is 31.9 Å². The number of hydrogen-bond acceptors (Lipinski definition) is 8. The molecule has 0 saturated carbocycles. The fourth-order valence-electron chi connectivity index (χ4n) is 3.97. The topological polar surface area (TPSA) is 116 Å². The van der Waals surface area contributed by atoms with Gasteiger partial charge in [-0.3, -0.25) is 28.9 Å². The number of imide groups is 1. The number of carbonyl (C=O) groups excluding carboxylic acids is 5. The first kappa shape index (κ1) is 33.5. The van der Waals surface area contributed by atoms with Crippen LogP contribution in [0.4, 0.5) is 0 Å². The molecule has 0 aliphatic carbocycles. The summed E-state index contributed by atoms with van der Waals surface area (Å²) < 4.78 is 16.3. The van der Waals surface area contributed by atoms with Crippen LogP contribution in [0.2, 0.25) is 0 Å². The van der Waals surface area contributed by atoms with E-state index in [-0.39, 0.29) is 38.5 Å². The molecule has 1 aliphatic heterocycles. The summed E-state index contributed by atoms with van der Waals surface area (Å²) in [5, 5.41) is 0. The lowest BCUT2D eigenvalue weighted by molar-refractivity contribution is -0.161. The third kappa shape index (κ3) is 11.0. The molecule has 2 atom stereocenters. The van der Waals surface area contributed by atoms with E-state index >= 15 is 0 Å². The molecule has 0 N–H and O–H groups in total. The number of esters is 3. The van der Waals surface area contributed by atoms with E-state index in [2.05, 4.69) is 31.9 Å². The predicted octanol–water partition coefficient (Wildman–Crippen LogP) is 4.99. The van der Waals surface area contributed by atoms with Gasteiger partial charge in [0.1, 0.15) is 26.5 Å². The molecule has 0 aromatic heterocycles. The van der Waals surface area contributed by atoms with Gasteiger partial charge >= 0.3 is 17.9 Å². The van der Waals surface area contributed by atoms with Crippen molar-refractivity contribution >= 4 is 61.6 Å². The van der Waals surface area contributed by atoms with Crippen LogP contribution in [0.15, 0.2) is 0 Å². The van der Waals surface area contributed by atoms with Crippen LogP contribution in [0, 0.1) is 0 Å².